The third-order valence-corrected chi connectivity index (χ3v) is 4.20. The summed E-state index contributed by atoms with van der Waals surface area (Å²) in [6.07, 6.45) is 0. The first kappa shape index (κ1) is 14.9. The topological polar surface area (TPSA) is 34.1 Å². The van der Waals surface area contributed by atoms with Crippen LogP contribution in [0.3, 0.4) is 0 Å². The van der Waals surface area contributed by atoms with Crippen LogP contribution in [-0.4, -0.2) is 15.7 Å². The number of carbonyl (C=O) groups excluding carboxylic acids is 1. The standard InChI is InChI=1S/C15H12ClFO2S/c16-12-7-5-11(6-8-12)9-20(19)10-15(18)13-3-1-2-4-14(13)17/h1-8H,9-10H2. The molecule has 2 aromatic carbocycles. The minimum Gasteiger partial charge on any atom is -0.293 e. The van der Waals surface area contributed by atoms with Crippen LogP contribution in [0.5, 0.6) is 0 Å². The van der Waals surface area contributed by atoms with Crippen molar-refractivity contribution in [1.82, 2.24) is 0 Å². The lowest BCUT2D eigenvalue weighted by Gasteiger charge is -2.04. The lowest BCUT2D eigenvalue weighted by molar-refractivity contribution is 0.101. The first-order valence-corrected chi connectivity index (χ1v) is 7.80. The van der Waals surface area contributed by atoms with Crippen LogP contribution in [0, 0.1) is 5.82 Å². The van der Waals surface area contributed by atoms with Crippen molar-refractivity contribution in [1.29, 1.82) is 0 Å². The van der Waals surface area contributed by atoms with E-state index in [4.69, 9.17) is 11.6 Å². The number of benzene rings is 2. The molecular weight excluding hydrogens is 299 g/mol. The van der Waals surface area contributed by atoms with Crippen molar-refractivity contribution in [2.45, 2.75) is 5.75 Å². The Bertz CT molecular complexity index is 641. The molecule has 2 nitrogen and oxygen atoms in total. The fourth-order valence-electron chi connectivity index (χ4n) is 1.73. The molecule has 20 heavy (non-hydrogen) atoms. The number of carbonyl (C=O) groups is 1. The van der Waals surface area contributed by atoms with Gasteiger partial charge in [-0.3, -0.25) is 9.00 Å². The van der Waals surface area contributed by atoms with E-state index in [1.54, 1.807) is 30.3 Å². The number of hydrogen-bond acceptors (Lipinski definition) is 2. The Hall–Kier alpha value is -1.52. The van der Waals surface area contributed by atoms with Gasteiger partial charge in [0.05, 0.1) is 11.3 Å². The number of Topliss-reactive ketones (excluding diaryl/α,β-unsaturated/α-hetero) is 1. The molecule has 0 spiro atoms. The maximum absolute atomic E-state index is 13.4. The van der Waals surface area contributed by atoms with Gasteiger partial charge in [-0.05, 0) is 29.8 Å². The minimum absolute atomic E-state index is 0.0167. The van der Waals surface area contributed by atoms with Gasteiger partial charge in [0.2, 0.25) is 0 Å². The Labute approximate surface area is 124 Å². The van der Waals surface area contributed by atoms with Crippen molar-refractivity contribution in [3.8, 4) is 0 Å². The molecule has 0 aliphatic rings. The van der Waals surface area contributed by atoms with Gasteiger partial charge in [0, 0.05) is 21.6 Å². The molecule has 0 heterocycles. The highest BCUT2D eigenvalue weighted by atomic mass is 35.5. The lowest BCUT2D eigenvalue weighted by Crippen LogP contribution is -2.13. The SMILES string of the molecule is O=C(CS(=O)Cc1ccc(Cl)cc1)c1ccccc1F. The molecule has 0 fully saturated rings. The molecule has 5 heteroatoms. The van der Waals surface area contributed by atoms with Crippen LogP contribution in [0.2, 0.25) is 5.02 Å². The second-order valence-corrected chi connectivity index (χ2v) is 6.15. The van der Waals surface area contributed by atoms with Crippen molar-refractivity contribution < 1.29 is 13.4 Å². The summed E-state index contributed by atoms with van der Waals surface area (Å²) < 4.78 is 25.4. The van der Waals surface area contributed by atoms with Gasteiger partial charge in [-0.2, -0.15) is 0 Å². The van der Waals surface area contributed by atoms with Gasteiger partial charge >= 0.3 is 0 Å². The average molecular weight is 311 g/mol. The van der Waals surface area contributed by atoms with E-state index in [0.717, 1.165) is 5.56 Å². The quantitative estimate of drug-likeness (QED) is 0.791. The van der Waals surface area contributed by atoms with E-state index < -0.39 is 22.4 Å². The first-order chi connectivity index (χ1) is 9.56. The molecule has 0 amide bonds. The van der Waals surface area contributed by atoms with E-state index >= 15 is 0 Å². The summed E-state index contributed by atoms with van der Waals surface area (Å²) in [6.45, 7) is 0. The summed E-state index contributed by atoms with van der Waals surface area (Å²) in [7, 11) is -1.38. The molecule has 1 atom stereocenters. The van der Waals surface area contributed by atoms with E-state index in [0.29, 0.717) is 5.02 Å². The third-order valence-electron chi connectivity index (χ3n) is 2.71. The van der Waals surface area contributed by atoms with E-state index in [2.05, 4.69) is 0 Å². The molecule has 2 rings (SSSR count). The van der Waals surface area contributed by atoms with Gasteiger partial charge in [-0.15, -0.1) is 0 Å². The maximum Gasteiger partial charge on any atom is 0.178 e. The van der Waals surface area contributed by atoms with Gasteiger partial charge in [-0.1, -0.05) is 35.9 Å². The Morgan fingerprint density at radius 1 is 1.10 bits per heavy atom. The molecule has 0 aliphatic heterocycles. The molecule has 0 aliphatic carbocycles. The van der Waals surface area contributed by atoms with E-state index in [1.807, 2.05) is 0 Å². The summed E-state index contributed by atoms with van der Waals surface area (Å²) in [5, 5.41) is 0.599. The van der Waals surface area contributed by atoms with Crippen LogP contribution >= 0.6 is 11.6 Å². The summed E-state index contributed by atoms with van der Waals surface area (Å²) in [5.41, 5.74) is 0.811. The van der Waals surface area contributed by atoms with Crippen LogP contribution in [0.4, 0.5) is 4.39 Å². The summed E-state index contributed by atoms with van der Waals surface area (Å²) in [4.78, 5) is 11.9. The normalized spacial score (nSPS) is 12.1. The van der Waals surface area contributed by atoms with Gasteiger partial charge in [0.1, 0.15) is 5.82 Å². The summed E-state index contributed by atoms with van der Waals surface area (Å²) in [6, 6.07) is 12.6. The molecule has 2 aromatic rings. The number of ketones is 1. The zero-order valence-electron chi connectivity index (χ0n) is 10.5. The van der Waals surface area contributed by atoms with Crippen molar-refractivity contribution in [2.75, 3.05) is 5.75 Å². The average Bonchev–Trinajstić information content (AvgIpc) is 2.41. The number of hydrogen-bond donors (Lipinski definition) is 0. The highest BCUT2D eigenvalue weighted by Crippen LogP contribution is 2.12. The Morgan fingerprint density at radius 2 is 1.75 bits per heavy atom. The largest absolute Gasteiger partial charge is 0.293 e. The maximum atomic E-state index is 13.4. The smallest absolute Gasteiger partial charge is 0.178 e. The van der Waals surface area contributed by atoms with Crippen LogP contribution in [0.1, 0.15) is 15.9 Å². The Kier molecular flexibility index (Phi) is 5.04. The molecular formula is C15H12ClFO2S. The summed E-state index contributed by atoms with van der Waals surface area (Å²) in [5.74, 6) is -0.975. The van der Waals surface area contributed by atoms with Crippen molar-refractivity contribution >= 4 is 28.2 Å². The van der Waals surface area contributed by atoms with Crippen LogP contribution < -0.4 is 0 Å². The van der Waals surface area contributed by atoms with Gasteiger partial charge in [0.25, 0.3) is 0 Å². The third kappa shape index (κ3) is 3.99. The van der Waals surface area contributed by atoms with E-state index in [-0.39, 0.29) is 17.1 Å². The lowest BCUT2D eigenvalue weighted by atomic mass is 10.1. The van der Waals surface area contributed by atoms with Gasteiger partial charge < -0.3 is 0 Å². The predicted molar refractivity (Wildman–Crippen MR) is 78.9 cm³/mol. The monoisotopic (exact) mass is 310 g/mol. The van der Waals surface area contributed by atoms with Crippen LogP contribution in [-0.2, 0) is 16.6 Å². The molecule has 0 N–H and O–H groups in total. The molecule has 104 valence electrons. The fourth-order valence-corrected chi connectivity index (χ4v) is 2.97. The van der Waals surface area contributed by atoms with E-state index in [9.17, 15) is 13.4 Å². The van der Waals surface area contributed by atoms with Crippen LogP contribution in [0.25, 0.3) is 0 Å². The molecule has 1 unspecified atom stereocenters. The number of halogens is 2. The van der Waals surface area contributed by atoms with Crippen molar-refractivity contribution in [3.05, 3.63) is 70.5 Å². The second kappa shape index (κ2) is 6.77. The van der Waals surface area contributed by atoms with E-state index in [1.165, 1.54) is 18.2 Å². The second-order valence-electron chi connectivity index (χ2n) is 4.26. The zero-order chi connectivity index (χ0) is 14.5. The minimum atomic E-state index is -1.38. The summed E-state index contributed by atoms with van der Waals surface area (Å²) >= 11 is 5.76. The molecule has 0 bridgehead atoms. The van der Waals surface area contributed by atoms with Crippen molar-refractivity contribution in [3.63, 3.8) is 0 Å². The Morgan fingerprint density at radius 3 is 2.40 bits per heavy atom. The number of rotatable bonds is 5. The Balaban J connectivity index is 2.00. The zero-order valence-corrected chi connectivity index (χ0v) is 12.1. The highest BCUT2D eigenvalue weighted by Gasteiger charge is 2.14. The first-order valence-electron chi connectivity index (χ1n) is 5.93. The van der Waals surface area contributed by atoms with Crippen molar-refractivity contribution in [2.24, 2.45) is 0 Å². The molecule has 0 radical (unpaired) electrons. The molecule has 0 saturated heterocycles. The highest BCUT2D eigenvalue weighted by molar-refractivity contribution is 7.85. The molecule has 0 aromatic heterocycles. The van der Waals surface area contributed by atoms with Crippen LogP contribution in [0.15, 0.2) is 48.5 Å². The molecule has 0 saturated carbocycles. The van der Waals surface area contributed by atoms with Gasteiger partial charge in [0.15, 0.2) is 5.78 Å². The predicted octanol–water partition coefficient (Wildman–Crippen LogP) is 3.61. The fraction of sp³-hybridized carbons (Fsp3) is 0.133. The van der Waals surface area contributed by atoms with Gasteiger partial charge in [-0.25, -0.2) is 4.39 Å².